The maximum Gasteiger partial charge on any atom is 0.335 e. The second-order valence-corrected chi connectivity index (χ2v) is 6.30. The average Bonchev–Trinajstić information content (AvgIpc) is 2.35. The second kappa shape index (κ2) is 6.83. The summed E-state index contributed by atoms with van der Waals surface area (Å²) in [5.74, 6) is -1.15. The highest BCUT2D eigenvalue weighted by Crippen LogP contribution is 2.16. The van der Waals surface area contributed by atoms with Gasteiger partial charge in [0, 0.05) is 19.8 Å². The molecule has 0 aliphatic rings. The molecule has 7 heteroatoms. The fraction of sp³-hybridized carbons (Fsp3) is 0.462. The van der Waals surface area contributed by atoms with Crippen molar-refractivity contribution in [2.75, 3.05) is 13.7 Å². The van der Waals surface area contributed by atoms with Gasteiger partial charge < -0.3 is 9.84 Å². The first-order chi connectivity index (χ1) is 9.27. The van der Waals surface area contributed by atoms with Crippen LogP contribution in [-0.2, 0) is 14.8 Å². The predicted molar refractivity (Wildman–Crippen MR) is 74.4 cm³/mol. The van der Waals surface area contributed by atoms with Gasteiger partial charge in [-0.05, 0) is 38.0 Å². The monoisotopic (exact) mass is 301 g/mol. The van der Waals surface area contributed by atoms with E-state index in [0.29, 0.717) is 18.6 Å². The molecule has 0 radical (unpaired) electrons. The molecule has 0 aromatic heterocycles. The molecule has 1 aromatic rings. The number of rotatable bonds is 7. The maximum atomic E-state index is 12.1. The Morgan fingerprint density at radius 3 is 2.65 bits per heavy atom. The molecule has 0 amide bonds. The molecule has 0 heterocycles. The van der Waals surface area contributed by atoms with Gasteiger partial charge in [0.05, 0.1) is 10.5 Å². The van der Waals surface area contributed by atoms with Crippen LogP contribution in [0.5, 0.6) is 0 Å². The molecule has 20 heavy (non-hydrogen) atoms. The molecule has 1 aromatic carbocycles. The van der Waals surface area contributed by atoms with E-state index in [-0.39, 0.29) is 16.5 Å². The van der Waals surface area contributed by atoms with Gasteiger partial charge in [0.2, 0.25) is 10.0 Å². The topological polar surface area (TPSA) is 92.7 Å². The lowest BCUT2D eigenvalue weighted by Crippen LogP contribution is -2.33. The van der Waals surface area contributed by atoms with E-state index in [2.05, 4.69) is 4.72 Å². The van der Waals surface area contributed by atoms with Crippen LogP contribution in [0.2, 0.25) is 0 Å². The van der Waals surface area contributed by atoms with Gasteiger partial charge in [0.1, 0.15) is 0 Å². The van der Waals surface area contributed by atoms with Gasteiger partial charge in [0.15, 0.2) is 0 Å². The number of carboxylic acid groups (broad SMARTS) is 1. The van der Waals surface area contributed by atoms with Gasteiger partial charge in [-0.25, -0.2) is 17.9 Å². The third-order valence-corrected chi connectivity index (χ3v) is 4.45. The molecule has 0 aliphatic heterocycles. The van der Waals surface area contributed by atoms with Crippen molar-refractivity contribution in [1.29, 1.82) is 0 Å². The summed E-state index contributed by atoms with van der Waals surface area (Å²) in [6, 6.07) is 3.75. The molecule has 2 N–H and O–H groups in total. The predicted octanol–water partition coefficient (Wildman–Crippen LogP) is 1.40. The highest BCUT2D eigenvalue weighted by molar-refractivity contribution is 7.89. The maximum absolute atomic E-state index is 12.1. The van der Waals surface area contributed by atoms with E-state index >= 15 is 0 Å². The van der Waals surface area contributed by atoms with Crippen molar-refractivity contribution < 1.29 is 23.1 Å². The number of aromatic carboxylic acids is 1. The van der Waals surface area contributed by atoms with E-state index in [4.69, 9.17) is 9.84 Å². The summed E-state index contributed by atoms with van der Waals surface area (Å²) in [6.07, 6.45) is 0.535. The summed E-state index contributed by atoms with van der Waals surface area (Å²) >= 11 is 0. The summed E-state index contributed by atoms with van der Waals surface area (Å²) in [5.41, 5.74) is 0.501. The lowest BCUT2D eigenvalue weighted by atomic mass is 10.1. The number of aryl methyl sites for hydroxylation is 1. The average molecular weight is 301 g/mol. The number of hydrogen-bond acceptors (Lipinski definition) is 4. The molecule has 0 aliphatic carbocycles. The van der Waals surface area contributed by atoms with Gasteiger partial charge in [-0.15, -0.1) is 0 Å². The van der Waals surface area contributed by atoms with E-state index in [1.165, 1.54) is 18.2 Å². The highest BCUT2D eigenvalue weighted by Gasteiger charge is 2.19. The van der Waals surface area contributed by atoms with Crippen molar-refractivity contribution in [1.82, 2.24) is 4.72 Å². The Kier molecular flexibility index (Phi) is 5.67. The van der Waals surface area contributed by atoms with Gasteiger partial charge in [-0.1, -0.05) is 6.07 Å². The molecule has 0 spiro atoms. The molecular weight excluding hydrogens is 282 g/mol. The summed E-state index contributed by atoms with van der Waals surface area (Å²) in [4.78, 5) is 11.0. The van der Waals surface area contributed by atoms with Gasteiger partial charge in [0.25, 0.3) is 0 Å². The number of benzene rings is 1. The molecule has 0 saturated carbocycles. The van der Waals surface area contributed by atoms with Crippen molar-refractivity contribution in [3.63, 3.8) is 0 Å². The van der Waals surface area contributed by atoms with Crippen LogP contribution >= 0.6 is 0 Å². The Morgan fingerprint density at radius 1 is 1.45 bits per heavy atom. The minimum absolute atomic E-state index is 0.0163. The number of carboxylic acids is 1. The summed E-state index contributed by atoms with van der Waals surface area (Å²) < 4.78 is 31.7. The van der Waals surface area contributed by atoms with Crippen LogP contribution in [0, 0.1) is 6.92 Å². The largest absolute Gasteiger partial charge is 0.478 e. The molecule has 0 saturated heterocycles. The third-order valence-electron chi connectivity index (χ3n) is 2.86. The van der Waals surface area contributed by atoms with Crippen LogP contribution in [0.1, 0.15) is 29.3 Å². The molecule has 1 rings (SSSR count). The Bertz CT molecular complexity index is 582. The van der Waals surface area contributed by atoms with Crippen molar-refractivity contribution in [2.24, 2.45) is 0 Å². The smallest absolute Gasteiger partial charge is 0.335 e. The van der Waals surface area contributed by atoms with Crippen LogP contribution in [0.25, 0.3) is 0 Å². The number of sulfonamides is 1. The number of methoxy groups -OCH3 is 1. The molecular formula is C13H19NO5S. The number of hydrogen-bond donors (Lipinski definition) is 2. The van der Waals surface area contributed by atoms with Gasteiger partial charge in [-0.3, -0.25) is 0 Å². The molecule has 0 bridgehead atoms. The van der Waals surface area contributed by atoms with Crippen LogP contribution < -0.4 is 4.72 Å². The zero-order chi connectivity index (χ0) is 15.3. The van der Waals surface area contributed by atoms with Crippen molar-refractivity contribution in [3.8, 4) is 0 Å². The zero-order valence-electron chi connectivity index (χ0n) is 11.7. The lowest BCUT2D eigenvalue weighted by Gasteiger charge is -2.14. The van der Waals surface area contributed by atoms with Gasteiger partial charge >= 0.3 is 5.97 Å². The normalized spacial score (nSPS) is 13.2. The fourth-order valence-corrected chi connectivity index (χ4v) is 2.99. The first-order valence-electron chi connectivity index (χ1n) is 6.13. The fourth-order valence-electron chi connectivity index (χ4n) is 1.69. The molecule has 1 atom stereocenters. The SMILES string of the molecule is COCCC(C)NS(=O)(=O)c1ccc(C)c(C(=O)O)c1. The Morgan fingerprint density at radius 2 is 2.10 bits per heavy atom. The van der Waals surface area contributed by atoms with E-state index < -0.39 is 16.0 Å². The van der Waals surface area contributed by atoms with Crippen LogP contribution in [0.4, 0.5) is 0 Å². The molecule has 1 unspecified atom stereocenters. The van der Waals surface area contributed by atoms with E-state index in [9.17, 15) is 13.2 Å². The Balaban J connectivity index is 2.98. The van der Waals surface area contributed by atoms with Crippen molar-refractivity contribution >= 4 is 16.0 Å². The standard InChI is InChI=1S/C13H19NO5S/c1-9-4-5-11(8-12(9)13(15)16)20(17,18)14-10(2)6-7-19-3/h4-5,8,10,14H,6-7H2,1-3H3,(H,15,16). The summed E-state index contributed by atoms with van der Waals surface area (Å²) in [5, 5.41) is 9.02. The first kappa shape index (κ1) is 16.6. The first-order valence-corrected chi connectivity index (χ1v) is 7.61. The van der Waals surface area contributed by atoms with E-state index in [1.54, 1.807) is 21.0 Å². The van der Waals surface area contributed by atoms with Crippen molar-refractivity contribution in [2.45, 2.75) is 31.2 Å². The molecule has 112 valence electrons. The van der Waals surface area contributed by atoms with Crippen molar-refractivity contribution in [3.05, 3.63) is 29.3 Å². The highest BCUT2D eigenvalue weighted by atomic mass is 32.2. The third kappa shape index (κ3) is 4.29. The summed E-state index contributed by atoms with van der Waals surface area (Å²) in [7, 11) is -2.19. The number of nitrogens with one attached hydrogen (secondary N) is 1. The number of ether oxygens (including phenoxy) is 1. The Labute approximate surface area is 118 Å². The second-order valence-electron chi connectivity index (χ2n) is 4.59. The lowest BCUT2D eigenvalue weighted by molar-refractivity contribution is 0.0696. The van der Waals surface area contributed by atoms with Gasteiger partial charge in [-0.2, -0.15) is 0 Å². The molecule has 0 fully saturated rings. The minimum Gasteiger partial charge on any atom is -0.478 e. The Hall–Kier alpha value is -1.44. The zero-order valence-corrected chi connectivity index (χ0v) is 12.5. The van der Waals surface area contributed by atoms with Crippen LogP contribution in [0.15, 0.2) is 23.1 Å². The summed E-state index contributed by atoms with van der Waals surface area (Å²) in [6.45, 7) is 3.79. The van der Waals surface area contributed by atoms with Crippen LogP contribution in [0.3, 0.4) is 0 Å². The number of carbonyl (C=O) groups is 1. The van der Waals surface area contributed by atoms with E-state index in [0.717, 1.165) is 0 Å². The molecule has 6 nitrogen and oxygen atoms in total. The van der Waals surface area contributed by atoms with E-state index in [1.807, 2.05) is 0 Å². The minimum atomic E-state index is -3.73. The quantitative estimate of drug-likeness (QED) is 0.794. The van der Waals surface area contributed by atoms with Crippen LogP contribution in [-0.4, -0.2) is 39.3 Å².